The third kappa shape index (κ3) is 4.66. The minimum absolute atomic E-state index is 0.0563. The molecular formula is C29H39NO5S. The van der Waals surface area contributed by atoms with Crippen molar-refractivity contribution in [1.29, 1.82) is 0 Å². The highest BCUT2D eigenvalue weighted by molar-refractivity contribution is 7.89. The minimum Gasteiger partial charge on any atom is -0.508 e. The van der Waals surface area contributed by atoms with E-state index in [1.54, 1.807) is 6.07 Å². The SMILES string of the molecule is CC(CCCS(N)(=O)=O)(Oc1ccccc1)[C@H]1C[C@@]2(C)C(CC[C@@H]2O)C2CCc3cc(O)ccc3C21. The molecule has 0 aromatic heterocycles. The monoisotopic (exact) mass is 513 g/mol. The van der Waals surface area contributed by atoms with E-state index in [-0.39, 0.29) is 34.9 Å². The summed E-state index contributed by atoms with van der Waals surface area (Å²) in [5.74, 6) is 2.06. The number of hydrogen-bond donors (Lipinski definition) is 3. The molecule has 0 radical (unpaired) electrons. The van der Waals surface area contributed by atoms with Crippen LogP contribution in [0.4, 0.5) is 0 Å². The van der Waals surface area contributed by atoms with Gasteiger partial charge in [0, 0.05) is 5.92 Å². The predicted molar refractivity (Wildman–Crippen MR) is 140 cm³/mol. The van der Waals surface area contributed by atoms with E-state index in [2.05, 4.69) is 19.9 Å². The lowest BCUT2D eigenvalue weighted by Gasteiger charge is -2.57. The average Bonchev–Trinajstić information content (AvgIpc) is 3.12. The number of fused-ring (bicyclic) bond motifs is 5. The Morgan fingerprint density at radius 2 is 1.89 bits per heavy atom. The Hall–Kier alpha value is -2.09. The second-order valence-corrected chi connectivity index (χ2v) is 13.6. The lowest BCUT2D eigenvalue weighted by Crippen LogP contribution is -2.55. The zero-order valence-corrected chi connectivity index (χ0v) is 22.1. The van der Waals surface area contributed by atoms with Gasteiger partial charge in [0.25, 0.3) is 0 Å². The molecule has 2 fully saturated rings. The van der Waals surface area contributed by atoms with E-state index in [9.17, 15) is 18.6 Å². The molecule has 7 atom stereocenters. The van der Waals surface area contributed by atoms with Crippen LogP contribution < -0.4 is 9.88 Å². The average molecular weight is 514 g/mol. The molecule has 0 aliphatic heterocycles. The van der Waals surface area contributed by atoms with E-state index >= 15 is 0 Å². The molecule has 3 aliphatic rings. The Labute approximate surface area is 214 Å². The fourth-order valence-electron chi connectivity index (χ4n) is 7.96. The lowest BCUT2D eigenvalue weighted by atomic mass is 9.49. The molecule has 0 saturated heterocycles. The maximum Gasteiger partial charge on any atom is 0.209 e. The number of phenols is 1. The summed E-state index contributed by atoms with van der Waals surface area (Å²) >= 11 is 0. The van der Waals surface area contributed by atoms with E-state index in [0.717, 1.165) is 37.9 Å². The molecule has 4 N–H and O–H groups in total. The standard InChI is InChI=1S/C29H39NO5S/c1-28-18-25(29(2,15-6-16-36(30,33)34)35-21-7-4-3-5-8-21)27-22-12-10-20(31)17-19(22)9-11-23(27)24(28)13-14-26(28)32/h3-5,7-8,10,12,17,23-27,31-32H,6,9,11,13-16,18H2,1-2H3,(H2,30,33,34)/t23?,24?,25-,26-,27?,28-,29?/m0/s1. The molecule has 0 spiro atoms. The van der Waals surface area contributed by atoms with Crippen molar-refractivity contribution < 1.29 is 23.4 Å². The van der Waals surface area contributed by atoms with Crippen molar-refractivity contribution in [3.05, 3.63) is 59.7 Å². The summed E-state index contributed by atoms with van der Waals surface area (Å²) in [6.45, 7) is 4.36. The van der Waals surface area contributed by atoms with Crippen LogP contribution in [0.15, 0.2) is 48.5 Å². The first-order valence-electron chi connectivity index (χ1n) is 13.2. The zero-order valence-electron chi connectivity index (χ0n) is 21.3. The molecule has 0 bridgehead atoms. The molecule has 2 aromatic rings. The van der Waals surface area contributed by atoms with E-state index in [4.69, 9.17) is 9.88 Å². The molecule has 6 nitrogen and oxygen atoms in total. The van der Waals surface area contributed by atoms with Crippen molar-refractivity contribution in [1.82, 2.24) is 0 Å². The molecule has 36 heavy (non-hydrogen) atoms. The zero-order chi connectivity index (χ0) is 25.7. The number of nitrogens with two attached hydrogens (primary N) is 1. The van der Waals surface area contributed by atoms with Gasteiger partial charge in [-0.2, -0.15) is 0 Å². The predicted octanol–water partition coefficient (Wildman–Crippen LogP) is 4.74. The number of aliphatic hydroxyl groups is 1. The molecule has 4 unspecified atom stereocenters. The highest BCUT2D eigenvalue weighted by Gasteiger charge is 2.61. The van der Waals surface area contributed by atoms with Crippen molar-refractivity contribution in [2.45, 2.75) is 76.4 Å². The molecular weight excluding hydrogens is 474 g/mol. The number of primary sulfonamides is 1. The molecule has 3 aliphatic carbocycles. The summed E-state index contributed by atoms with van der Waals surface area (Å²) in [6.07, 6.45) is 5.18. The van der Waals surface area contributed by atoms with Gasteiger partial charge in [0.15, 0.2) is 0 Å². The van der Waals surface area contributed by atoms with Crippen LogP contribution >= 0.6 is 0 Å². The Bertz CT molecular complexity index is 1200. The van der Waals surface area contributed by atoms with Crippen LogP contribution in [0.5, 0.6) is 11.5 Å². The lowest BCUT2D eigenvalue weighted by molar-refractivity contribution is -0.106. The fourth-order valence-corrected chi connectivity index (χ4v) is 8.50. The van der Waals surface area contributed by atoms with Crippen LogP contribution in [-0.2, 0) is 16.4 Å². The Kier molecular flexibility index (Phi) is 6.63. The normalized spacial score (nSPS) is 33.2. The van der Waals surface area contributed by atoms with Crippen molar-refractivity contribution in [3.8, 4) is 11.5 Å². The second-order valence-electron chi connectivity index (χ2n) is 11.8. The third-order valence-electron chi connectivity index (χ3n) is 9.64. The van der Waals surface area contributed by atoms with Crippen LogP contribution in [-0.4, -0.2) is 36.1 Å². The van der Waals surface area contributed by atoms with Gasteiger partial charge in [-0.15, -0.1) is 0 Å². The molecule has 7 heteroatoms. The van der Waals surface area contributed by atoms with Crippen molar-refractivity contribution >= 4 is 10.0 Å². The highest BCUT2D eigenvalue weighted by Crippen LogP contribution is 2.65. The number of sulfonamides is 1. The van der Waals surface area contributed by atoms with Crippen molar-refractivity contribution in [2.24, 2.45) is 28.3 Å². The maximum absolute atomic E-state index is 11.8. The summed E-state index contributed by atoms with van der Waals surface area (Å²) in [7, 11) is -3.59. The van der Waals surface area contributed by atoms with E-state index in [1.807, 2.05) is 36.4 Å². The smallest absolute Gasteiger partial charge is 0.209 e. The Morgan fingerprint density at radius 1 is 1.14 bits per heavy atom. The van der Waals surface area contributed by atoms with Crippen LogP contribution in [0.25, 0.3) is 0 Å². The van der Waals surface area contributed by atoms with Crippen molar-refractivity contribution in [2.75, 3.05) is 5.75 Å². The van der Waals surface area contributed by atoms with Gasteiger partial charge in [0.1, 0.15) is 17.1 Å². The number of hydrogen-bond acceptors (Lipinski definition) is 5. The van der Waals surface area contributed by atoms with Crippen LogP contribution in [0, 0.1) is 23.2 Å². The minimum atomic E-state index is -3.59. The molecule has 2 saturated carbocycles. The summed E-state index contributed by atoms with van der Waals surface area (Å²) in [6, 6.07) is 15.5. The summed E-state index contributed by atoms with van der Waals surface area (Å²) in [5, 5.41) is 26.8. The molecule has 196 valence electrons. The molecule has 0 amide bonds. The first-order chi connectivity index (χ1) is 17.0. The molecule has 0 heterocycles. The number of aliphatic hydroxyl groups excluding tert-OH is 1. The first kappa shape index (κ1) is 25.6. The van der Waals surface area contributed by atoms with Crippen LogP contribution in [0.3, 0.4) is 0 Å². The van der Waals surface area contributed by atoms with Gasteiger partial charge >= 0.3 is 0 Å². The topological polar surface area (TPSA) is 110 Å². The summed E-state index contributed by atoms with van der Waals surface area (Å²) in [4.78, 5) is 0. The quantitative estimate of drug-likeness (QED) is 0.495. The van der Waals surface area contributed by atoms with E-state index in [1.165, 1.54) is 11.1 Å². The molecule has 2 aromatic carbocycles. The third-order valence-corrected chi connectivity index (χ3v) is 10.5. The first-order valence-corrected chi connectivity index (χ1v) is 15.0. The number of rotatable bonds is 7. The summed E-state index contributed by atoms with van der Waals surface area (Å²) in [5.41, 5.74) is 1.58. The number of phenolic OH excluding ortho intramolecular Hbond substituents is 1. The number of benzene rings is 2. The highest BCUT2D eigenvalue weighted by atomic mass is 32.2. The largest absolute Gasteiger partial charge is 0.508 e. The van der Waals surface area contributed by atoms with Gasteiger partial charge in [-0.25, -0.2) is 13.6 Å². The van der Waals surface area contributed by atoms with E-state index in [0.29, 0.717) is 24.7 Å². The van der Waals surface area contributed by atoms with Crippen LogP contribution in [0.1, 0.15) is 69.4 Å². The van der Waals surface area contributed by atoms with Crippen molar-refractivity contribution in [3.63, 3.8) is 0 Å². The second kappa shape index (κ2) is 9.34. The summed E-state index contributed by atoms with van der Waals surface area (Å²) < 4.78 is 30.4. The Morgan fingerprint density at radius 3 is 2.61 bits per heavy atom. The Balaban J connectivity index is 1.60. The van der Waals surface area contributed by atoms with Gasteiger partial charge in [-0.3, -0.25) is 0 Å². The van der Waals surface area contributed by atoms with Gasteiger partial charge < -0.3 is 14.9 Å². The van der Waals surface area contributed by atoms with Crippen LogP contribution in [0.2, 0.25) is 0 Å². The fraction of sp³-hybridized carbons (Fsp3) is 0.586. The van der Waals surface area contributed by atoms with Gasteiger partial charge in [0.2, 0.25) is 10.0 Å². The molecule has 5 rings (SSSR count). The van der Waals surface area contributed by atoms with Gasteiger partial charge in [-0.05, 0) is 110 Å². The van der Waals surface area contributed by atoms with Gasteiger partial charge in [-0.1, -0.05) is 31.2 Å². The maximum atomic E-state index is 11.8. The number of aryl methyl sites for hydroxylation is 1. The number of para-hydroxylation sites is 1. The number of aromatic hydroxyl groups is 1. The number of ether oxygens (including phenoxy) is 1. The van der Waals surface area contributed by atoms with Gasteiger partial charge in [0.05, 0.1) is 11.9 Å². The van der Waals surface area contributed by atoms with E-state index < -0.39 is 15.6 Å².